The van der Waals surface area contributed by atoms with E-state index in [4.69, 9.17) is 5.73 Å². The lowest BCUT2D eigenvalue weighted by Crippen LogP contribution is -2.27. The van der Waals surface area contributed by atoms with Crippen LogP contribution in [0.25, 0.3) is 0 Å². The average Bonchev–Trinajstić information content (AvgIpc) is 2.98. The van der Waals surface area contributed by atoms with Crippen molar-refractivity contribution >= 4 is 84.1 Å². The van der Waals surface area contributed by atoms with Crippen LogP contribution < -0.4 is 16.0 Å². The minimum absolute atomic E-state index is 0.0150. The van der Waals surface area contributed by atoms with Crippen LogP contribution in [0.2, 0.25) is 0 Å². The minimum atomic E-state index is -0.0950. The van der Waals surface area contributed by atoms with Gasteiger partial charge < -0.3 is 16.0 Å². The van der Waals surface area contributed by atoms with E-state index in [-0.39, 0.29) is 11.7 Å². The van der Waals surface area contributed by atoms with E-state index in [1.165, 1.54) is 4.90 Å². The van der Waals surface area contributed by atoms with Crippen LogP contribution in [0.15, 0.2) is 86.1 Å². The van der Waals surface area contributed by atoms with Gasteiger partial charge in [0, 0.05) is 36.5 Å². The Morgan fingerprint density at radius 3 is 2.26 bits per heavy atom. The van der Waals surface area contributed by atoms with Crippen LogP contribution in [0, 0.1) is 0 Å². The lowest BCUT2D eigenvalue weighted by atomic mass is 10.1. The van der Waals surface area contributed by atoms with Crippen LogP contribution in [0.5, 0.6) is 0 Å². The van der Waals surface area contributed by atoms with Gasteiger partial charge in [0.25, 0.3) is 5.91 Å². The molecule has 0 saturated carbocycles. The molecule has 0 aliphatic heterocycles. The maximum absolute atomic E-state index is 12.7. The van der Waals surface area contributed by atoms with Crippen LogP contribution in [-0.4, -0.2) is 52.2 Å². The number of benzene rings is 1. The van der Waals surface area contributed by atoms with E-state index in [0.717, 1.165) is 32.5 Å². The zero-order valence-corrected chi connectivity index (χ0v) is 28.5. The number of carbonyl (C=O) groups is 2. The number of aromatic nitrogens is 3. The van der Waals surface area contributed by atoms with Crippen LogP contribution in [0.1, 0.15) is 40.3 Å². The SMILES string of the molecule is CCSc1ccccc1C(=O)N(C)c1cnc(Br)cc1N.CCSc1cccnc1C(=O)Cc1cc(Br)ncc1NC. The van der Waals surface area contributed by atoms with Gasteiger partial charge in [-0.2, -0.15) is 0 Å². The largest absolute Gasteiger partial charge is 0.397 e. The molecule has 0 fully saturated rings. The number of nitrogens with two attached hydrogens (primary N) is 1. The van der Waals surface area contributed by atoms with Gasteiger partial charge in [0.2, 0.25) is 0 Å². The average molecular weight is 733 g/mol. The highest BCUT2D eigenvalue weighted by atomic mass is 79.9. The van der Waals surface area contributed by atoms with Crippen molar-refractivity contribution in [1.29, 1.82) is 0 Å². The van der Waals surface area contributed by atoms with Gasteiger partial charge in [-0.15, -0.1) is 23.5 Å². The second-order valence-corrected chi connectivity index (χ2v) is 12.9. The summed E-state index contributed by atoms with van der Waals surface area (Å²) in [6, 6.07) is 14.9. The zero-order chi connectivity index (χ0) is 30.6. The molecule has 0 saturated heterocycles. The van der Waals surface area contributed by atoms with Gasteiger partial charge in [0.1, 0.15) is 14.9 Å². The molecule has 4 rings (SSSR count). The monoisotopic (exact) mass is 730 g/mol. The first kappa shape index (κ1) is 33.6. The molecule has 0 aliphatic carbocycles. The van der Waals surface area contributed by atoms with Crippen LogP contribution in [-0.2, 0) is 6.42 Å². The second kappa shape index (κ2) is 16.6. The molecule has 3 N–H and O–H groups in total. The molecule has 12 heteroatoms. The zero-order valence-electron chi connectivity index (χ0n) is 23.7. The maximum atomic E-state index is 12.7. The van der Waals surface area contributed by atoms with E-state index in [1.807, 2.05) is 49.5 Å². The molecule has 3 heterocycles. The topological polar surface area (TPSA) is 114 Å². The number of Topliss-reactive ketones (excluding diaryl/α,β-unsaturated/α-hetero) is 1. The Morgan fingerprint density at radius 2 is 1.57 bits per heavy atom. The number of hydrogen-bond acceptors (Lipinski definition) is 9. The first-order valence-electron chi connectivity index (χ1n) is 13.0. The van der Waals surface area contributed by atoms with E-state index in [1.54, 1.807) is 55.2 Å². The number of nitrogens with one attached hydrogen (secondary N) is 1. The van der Waals surface area contributed by atoms with Gasteiger partial charge in [0.05, 0.1) is 35.0 Å². The van der Waals surface area contributed by atoms with Gasteiger partial charge in [-0.1, -0.05) is 26.0 Å². The molecule has 0 spiro atoms. The van der Waals surface area contributed by atoms with Crippen molar-refractivity contribution < 1.29 is 9.59 Å². The van der Waals surface area contributed by atoms with Crippen molar-refractivity contribution in [3.8, 4) is 0 Å². The number of anilines is 3. The summed E-state index contributed by atoms with van der Waals surface area (Å²) in [5, 5.41) is 3.06. The lowest BCUT2D eigenvalue weighted by molar-refractivity contribution is 0.0979. The quantitative estimate of drug-likeness (QED) is 0.0966. The molecule has 1 amide bonds. The molecule has 0 radical (unpaired) electrons. The molecule has 0 atom stereocenters. The standard InChI is InChI=1S/2C15H16BrN3OS/c1-3-21-13-5-4-6-18-15(13)12(20)7-10-8-14(16)19-9-11(10)17-2;1-3-21-13-7-5-4-6-10(13)15(20)19(2)12-9-18-14(16)8-11(12)17/h4-6,8-9,17H,3,7H2,1-2H3;4-9H,3H2,1-2H3,(H2,17,18). The summed E-state index contributed by atoms with van der Waals surface area (Å²) in [6.07, 6.45) is 5.26. The normalized spacial score (nSPS) is 10.4. The van der Waals surface area contributed by atoms with Gasteiger partial charge in [-0.25, -0.2) is 9.97 Å². The fourth-order valence-corrected chi connectivity index (χ4v) is 6.21. The third-order valence-electron chi connectivity index (χ3n) is 5.88. The van der Waals surface area contributed by atoms with E-state index in [0.29, 0.717) is 38.3 Å². The summed E-state index contributed by atoms with van der Waals surface area (Å²) in [5.74, 6) is 1.74. The number of hydrogen-bond donors (Lipinski definition) is 2. The van der Waals surface area contributed by atoms with Crippen molar-refractivity contribution in [3.63, 3.8) is 0 Å². The van der Waals surface area contributed by atoms with Crippen LogP contribution in [0.4, 0.5) is 17.1 Å². The van der Waals surface area contributed by atoms with E-state index in [9.17, 15) is 9.59 Å². The van der Waals surface area contributed by atoms with Crippen molar-refractivity contribution in [2.45, 2.75) is 30.1 Å². The van der Waals surface area contributed by atoms with Gasteiger partial charge in [0.15, 0.2) is 5.78 Å². The van der Waals surface area contributed by atoms with E-state index >= 15 is 0 Å². The highest BCUT2D eigenvalue weighted by Crippen LogP contribution is 2.29. The number of nitrogen functional groups attached to an aromatic ring is 1. The van der Waals surface area contributed by atoms with E-state index in [2.05, 4.69) is 66.0 Å². The predicted molar refractivity (Wildman–Crippen MR) is 182 cm³/mol. The Hall–Kier alpha value is -2.93. The number of nitrogens with zero attached hydrogens (tertiary/aromatic N) is 4. The molecule has 1 aromatic carbocycles. The molecule has 0 bridgehead atoms. The van der Waals surface area contributed by atoms with Gasteiger partial charge in [-0.3, -0.25) is 14.6 Å². The fraction of sp³-hybridized carbons (Fsp3) is 0.233. The van der Waals surface area contributed by atoms with Crippen molar-refractivity contribution in [2.24, 2.45) is 0 Å². The molecular weight excluding hydrogens is 700 g/mol. The molecular formula is C30H32Br2N6O2S2. The lowest BCUT2D eigenvalue weighted by Gasteiger charge is -2.20. The second-order valence-electron chi connectivity index (χ2n) is 8.66. The minimum Gasteiger partial charge on any atom is -0.397 e. The Morgan fingerprint density at radius 1 is 0.929 bits per heavy atom. The number of ketones is 1. The number of rotatable bonds is 10. The van der Waals surface area contributed by atoms with Crippen molar-refractivity contribution in [1.82, 2.24) is 15.0 Å². The Kier molecular flexibility index (Phi) is 13.3. The Labute approximate surface area is 272 Å². The molecule has 220 valence electrons. The van der Waals surface area contributed by atoms with Gasteiger partial charge >= 0.3 is 0 Å². The summed E-state index contributed by atoms with van der Waals surface area (Å²) in [6.45, 7) is 4.12. The fourth-order valence-electron chi connectivity index (χ4n) is 3.90. The molecule has 3 aromatic heterocycles. The number of halogens is 2. The number of carbonyl (C=O) groups excluding carboxylic acids is 2. The van der Waals surface area contributed by atoms with E-state index < -0.39 is 0 Å². The predicted octanol–water partition coefficient (Wildman–Crippen LogP) is 7.63. The number of thioether (sulfide) groups is 2. The highest BCUT2D eigenvalue weighted by molar-refractivity contribution is 9.10. The molecule has 0 unspecified atom stereocenters. The van der Waals surface area contributed by atoms with Crippen LogP contribution >= 0.6 is 55.4 Å². The molecule has 8 nitrogen and oxygen atoms in total. The third-order valence-corrected chi connectivity index (χ3v) is 8.63. The summed E-state index contributed by atoms with van der Waals surface area (Å²) < 4.78 is 1.36. The summed E-state index contributed by atoms with van der Waals surface area (Å²) in [4.78, 5) is 41.2. The van der Waals surface area contributed by atoms with Gasteiger partial charge in [-0.05, 0) is 85.3 Å². The van der Waals surface area contributed by atoms with Crippen molar-refractivity contribution in [3.05, 3.63) is 93.1 Å². The summed E-state index contributed by atoms with van der Waals surface area (Å²) >= 11 is 9.88. The highest BCUT2D eigenvalue weighted by Gasteiger charge is 2.19. The first-order valence-corrected chi connectivity index (χ1v) is 16.6. The molecule has 42 heavy (non-hydrogen) atoms. The summed E-state index contributed by atoms with van der Waals surface area (Å²) in [7, 11) is 3.52. The third kappa shape index (κ3) is 9.03. The number of pyridine rings is 3. The maximum Gasteiger partial charge on any atom is 0.259 e. The molecule has 0 aliphatic rings. The molecule has 4 aromatic rings. The first-order chi connectivity index (χ1) is 20.2. The van der Waals surface area contributed by atoms with Crippen LogP contribution in [0.3, 0.4) is 0 Å². The Bertz CT molecular complexity index is 1540. The number of amides is 1. The Balaban J connectivity index is 0.000000230. The summed E-state index contributed by atoms with van der Waals surface area (Å²) in [5.41, 5.74) is 10.0. The van der Waals surface area contributed by atoms with Crippen molar-refractivity contribution in [2.75, 3.05) is 41.6 Å². The smallest absolute Gasteiger partial charge is 0.259 e.